The van der Waals surface area contributed by atoms with Gasteiger partial charge in [-0.25, -0.2) is 4.39 Å². The molecule has 0 aromatic heterocycles. The van der Waals surface area contributed by atoms with Crippen molar-refractivity contribution in [1.82, 2.24) is 4.90 Å². The molecule has 1 aliphatic rings. The Morgan fingerprint density at radius 2 is 2.21 bits per heavy atom. The van der Waals surface area contributed by atoms with Crippen LogP contribution in [0, 0.1) is 11.7 Å². The second-order valence-electron chi connectivity index (χ2n) is 5.02. The maximum atomic E-state index is 13.5. The van der Waals surface area contributed by atoms with Crippen molar-refractivity contribution >= 4 is 18.3 Å². The van der Waals surface area contributed by atoms with E-state index in [9.17, 15) is 9.18 Å². The summed E-state index contributed by atoms with van der Waals surface area (Å²) in [6, 6.07) is 6.53. The number of carbonyl (C=O) groups is 1. The van der Waals surface area contributed by atoms with Gasteiger partial charge in [-0.1, -0.05) is 18.2 Å². The van der Waals surface area contributed by atoms with Crippen LogP contribution in [0.15, 0.2) is 24.3 Å². The second kappa shape index (κ2) is 6.87. The summed E-state index contributed by atoms with van der Waals surface area (Å²) in [7, 11) is 0. The Bertz CT molecular complexity index is 439. The van der Waals surface area contributed by atoms with E-state index < -0.39 is 0 Å². The summed E-state index contributed by atoms with van der Waals surface area (Å²) in [5.74, 6) is 0.0478. The maximum Gasteiger partial charge on any atom is 0.227 e. The summed E-state index contributed by atoms with van der Waals surface area (Å²) < 4.78 is 13.5. The molecule has 2 unspecified atom stereocenters. The van der Waals surface area contributed by atoms with Crippen LogP contribution >= 0.6 is 12.4 Å². The first-order valence-corrected chi connectivity index (χ1v) is 6.34. The molecule has 2 rings (SSSR count). The smallest absolute Gasteiger partial charge is 0.227 e. The number of likely N-dealkylation sites (tertiary alicyclic amines) is 1. The molecule has 5 heteroatoms. The molecule has 1 fully saturated rings. The van der Waals surface area contributed by atoms with Crippen molar-refractivity contribution in [1.29, 1.82) is 0 Å². The van der Waals surface area contributed by atoms with Crippen LogP contribution in [0.5, 0.6) is 0 Å². The van der Waals surface area contributed by atoms with E-state index in [1.807, 2.05) is 6.92 Å². The van der Waals surface area contributed by atoms with E-state index in [0.29, 0.717) is 18.0 Å². The van der Waals surface area contributed by atoms with Gasteiger partial charge in [0.25, 0.3) is 0 Å². The van der Waals surface area contributed by atoms with Crippen LogP contribution in [0.25, 0.3) is 0 Å². The van der Waals surface area contributed by atoms with Gasteiger partial charge in [-0.15, -0.1) is 12.4 Å². The van der Waals surface area contributed by atoms with Gasteiger partial charge in [0, 0.05) is 19.1 Å². The van der Waals surface area contributed by atoms with Crippen molar-refractivity contribution < 1.29 is 9.18 Å². The monoisotopic (exact) mass is 286 g/mol. The van der Waals surface area contributed by atoms with Crippen molar-refractivity contribution in [2.75, 3.05) is 13.1 Å². The summed E-state index contributed by atoms with van der Waals surface area (Å²) >= 11 is 0. The van der Waals surface area contributed by atoms with E-state index in [-0.39, 0.29) is 36.6 Å². The van der Waals surface area contributed by atoms with Crippen molar-refractivity contribution in [2.45, 2.75) is 25.8 Å². The van der Waals surface area contributed by atoms with Gasteiger partial charge in [0.2, 0.25) is 5.91 Å². The molecule has 0 radical (unpaired) electrons. The zero-order chi connectivity index (χ0) is 13.1. The van der Waals surface area contributed by atoms with Crippen LogP contribution in [-0.4, -0.2) is 29.9 Å². The Morgan fingerprint density at radius 3 is 2.79 bits per heavy atom. The predicted octanol–water partition coefficient (Wildman–Crippen LogP) is 1.99. The van der Waals surface area contributed by atoms with Crippen molar-refractivity contribution in [3.63, 3.8) is 0 Å². The topological polar surface area (TPSA) is 46.3 Å². The lowest BCUT2D eigenvalue weighted by Gasteiger charge is -2.18. The van der Waals surface area contributed by atoms with Crippen molar-refractivity contribution in [2.24, 2.45) is 11.7 Å². The van der Waals surface area contributed by atoms with Gasteiger partial charge in [-0.2, -0.15) is 0 Å². The molecular weight excluding hydrogens is 267 g/mol. The Labute approximate surface area is 119 Å². The van der Waals surface area contributed by atoms with Crippen molar-refractivity contribution in [3.8, 4) is 0 Å². The van der Waals surface area contributed by atoms with Gasteiger partial charge in [-0.3, -0.25) is 4.79 Å². The molecule has 1 aromatic rings. The fourth-order valence-electron chi connectivity index (χ4n) is 2.36. The van der Waals surface area contributed by atoms with Gasteiger partial charge in [0.05, 0.1) is 6.42 Å². The van der Waals surface area contributed by atoms with Gasteiger partial charge in [0.15, 0.2) is 0 Å². The largest absolute Gasteiger partial charge is 0.342 e. The number of carbonyl (C=O) groups excluding carboxylic acids is 1. The molecule has 19 heavy (non-hydrogen) atoms. The van der Waals surface area contributed by atoms with E-state index in [4.69, 9.17) is 5.73 Å². The first-order valence-electron chi connectivity index (χ1n) is 6.34. The fraction of sp³-hybridized carbons (Fsp3) is 0.500. The minimum Gasteiger partial charge on any atom is -0.342 e. The zero-order valence-corrected chi connectivity index (χ0v) is 11.8. The summed E-state index contributed by atoms with van der Waals surface area (Å²) in [5, 5.41) is 0. The molecule has 0 saturated carbocycles. The summed E-state index contributed by atoms with van der Waals surface area (Å²) in [6.07, 6.45) is 1.08. The lowest BCUT2D eigenvalue weighted by molar-refractivity contribution is -0.129. The van der Waals surface area contributed by atoms with Gasteiger partial charge < -0.3 is 10.6 Å². The lowest BCUT2D eigenvalue weighted by Crippen LogP contribution is -2.33. The standard InChI is InChI=1S/C14H19FN2O.ClH/c1-10(16)12-6-7-17(9-12)14(18)8-11-4-2-3-5-13(11)15;/h2-5,10,12H,6-9,16H2,1H3;1H. The summed E-state index contributed by atoms with van der Waals surface area (Å²) in [6.45, 7) is 3.40. The van der Waals surface area contributed by atoms with Crippen LogP contribution in [0.2, 0.25) is 0 Å². The molecular formula is C14H20ClFN2O. The number of hydrogen-bond acceptors (Lipinski definition) is 2. The molecule has 2 N–H and O–H groups in total. The third kappa shape index (κ3) is 3.91. The summed E-state index contributed by atoms with van der Waals surface area (Å²) in [4.78, 5) is 13.8. The highest BCUT2D eigenvalue weighted by molar-refractivity contribution is 5.85. The number of hydrogen-bond donors (Lipinski definition) is 1. The van der Waals surface area contributed by atoms with Crippen LogP contribution in [0.3, 0.4) is 0 Å². The van der Waals surface area contributed by atoms with Crippen LogP contribution < -0.4 is 5.73 Å². The molecule has 3 nitrogen and oxygen atoms in total. The number of amides is 1. The third-order valence-electron chi connectivity index (χ3n) is 3.62. The highest BCUT2D eigenvalue weighted by Gasteiger charge is 2.28. The number of nitrogens with two attached hydrogens (primary N) is 1. The molecule has 1 saturated heterocycles. The lowest BCUT2D eigenvalue weighted by atomic mass is 10.0. The number of rotatable bonds is 3. The molecule has 1 aromatic carbocycles. The SMILES string of the molecule is CC(N)C1CCN(C(=O)Cc2ccccc2F)C1.Cl. The van der Waals surface area contributed by atoms with E-state index in [1.54, 1.807) is 23.1 Å². The van der Waals surface area contributed by atoms with E-state index in [1.165, 1.54) is 6.07 Å². The first-order chi connectivity index (χ1) is 8.58. The molecule has 2 atom stereocenters. The Balaban J connectivity index is 0.00000180. The highest BCUT2D eigenvalue weighted by atomic mass is 35.5. The summed E-state index contributed by atoms with van der Waals surface area (Å²) in [5.41, 5.74) is 6.30. The minimum absolute atomic E-state index is 0. The fourth-order valence-corrected chi connectivity index (χ4v) is 2.36. The molecule has 106 valence electrons. The van der Waals surface area contributed by atoms with E-state index in [2.05, 4.69) is 0 Å². The number of halogens is 2. The molecule has 1 aliphatic heterocycles. The Kier molecular flexibility index (Phi) is 5.76. The normalized spacial score (nSPS) is 19.9. The Hall–Kier alpha value is -1.13. The highest BCUT2D eigenvalue weighted by Crippen LogP contribution is 2.20. The average molecular weight is 287 g/mol. The third-order valence-corrected chi connectivity index (χ3v) is 3.62. The predicted molar refractivity (Wildman–Crippen MR) is 75.7 cm³/mol. The quantitative estimate of drug-likeness (QED) is 0.924. The van der Waals surface area contributed by atoms with Crippen LogP contribution in [0.4, 0.5) is 4.39 Å². The van der Waals surface area contributed by atoms with E-state index >= 15 is 0 Å². The maximum absolute atomic E-state index is 13.5. The van der Waals surface area contributed by atoms with Crippen LogP contribution in [-0.2, 0) is 11.2 Å². The number of benzene rings is 1. The Morgan fingerprint density at radius 1 is 1.53 bits per heavy atom. The number of nitrogens with zero attached hydrogens (tertiary/aromatic N) is 1. The van der Waals surface area contributed by atoms with Gasteiger partial charge >= 0.3 is 0 Å². The van der Waals surface area contributed by atoms with Crippen LogP contribution in [0.1, 0.15) is 18.9 Å². The van der Waals surface area contributed by atoms with Gasteiger partial charge in [0.1, 0.15) is 5.82 Å². The molecule has 0 bridgehead atoms. The molecule has 0 aliphatic carbocycles. The van der Waals surface area contributed by atoms with Gasteiger partial charge in [-0.05, 0) is 30.9 Å². The first kappa shape index (κ1) is 15.9. The second-order valence-corrected chi connectivity index (χ2v) is 5.02. The van der Waals surface area contributed by atoms with E-state index in [0.717, 1.165) is 13.0 Å². The average Bonchev–Trinajstić information content (AvgIpc) is 2.81. The van der Waals surface area contributed by atoms with Crippen molar-refractivity contribution in [3.05, 3.63) is 35.6 Å². The molecule has 0 spiro atoms. The minimum atomic E-state index is -0.311. The molecule has 1 amide bonds. The zero-order valence-electron chi connectivity index (χ0n) is 11.0. The molecule has 1 heterocycles.